The van der Waals surface area contributed by atoms with Crippen LogP contribution >= 0.6 is 0 Å². The number of carbonyl (C=O) groups is 2. The van der Waals surface area contributed by atoms with Crippen LogP contribution in [0.4, 0.5) is 9.59 Å². The van der Waals surface area contributed by atoms with Gasteiger partial charge in [-0.2, -0.15) is 0 Å². The van der Waals surface area contributed by atoms with Crippen LogP contribution in [0.1, 0.15) is 52.0 Å². The molecule has 2 heterocycles. The number of hydrogen-bond acceptors (Lipinski definition) is 4. The van der Waals surface area contributed by atoms with Gasteiger partial charge in [0.05, 0.1) is 0 Å². The molecule has 3 rings (SSSR count). The van der Waals surface area contributed by atoms with Crippen LogP contribution in [0.2, 0.25) is 0 Å². The van der Waals surface area contributed by atoms with Gasteiger partial charge in [0.2, 0.25) is 0 Å². The molecule has 2 aliphatic heterocycles. The number of carbonyl (C=O) groups excluding carboxylic acids is 2. The molecule has 1 N–H and O–H groups in total. The van der Waals surface area contributed by atoms with Gasteiger partial charge in [0, 0.05) is 18.1 Å². The molecule has 0 aromatic heterocycles. The molecule has 142 valence electrons. The summed E-state index contributed by atoms with van der Waals surface area (Å²) in [4.78, 5) is 26.4. The molecule has 2 fully saturated rings. The third kappa shape index (κ3) is 4.68. The van der Waals surface area contributed by atoms with E-state index in [0.717, 1.165) is 31.2 Å². The monoisotopic (exact) mass is 360 g/mol. The molecule has 0 radical (unpaired) electrons. The molecule has 3 atom stereocenters. The highest BCUT2D eigenvalue weighted by Crippen LogP contribution is 2.36. The first kappa shape index (κ1) is 18.5. The topological polar surface area (TPSA) is 67.9 Å². The lowest BCUT2D eigenvalue weighted by molar-refractivity contribution is 0.00476. The Morgan fingerprint density at radius 1 is 1.12 bits per heavy atom. The average molecular weight is 360 g/mol. The predicted octanol–water partition coefficient (Wildman–Crippen LogP) is 3.84. The number of benzene rings is 1. The Labute approximate surface area is 154 Å². The van der Waals surface area contributed by atoms with Crippen LogP contribution in [-0.2, 0) is 16.1 Å². The molecule has 0 unspecified atom stereocenters. The van der Waals surface area contributed by atoms with E-state index in [4.69, 9.17) is 9.47 Å². The van der Waals surface area contributed by atoms with Gasteiger partial charge >= 0.3 is 12.2 Å². The first-order chi connectivity index (χ1) is 12.3. The zero-order valence-corrected chi connectivity index (χ0v) is 15.7. The van der Waals surface area contributed by atoms with E-state index in [2.05, 4.69) is 5.32 Å². The van der Waals surface area contributed by atoms with Crippen molar-refractivity contribution in [2.75, 3.05) is 0 Å². The molecule has 1 aromatic rings. The largest absolute Gasteiger partial charge is 0.445 e. The maximum absolute atomic E-state index is 12.5. The molecule has 6 nitrogen and oxygen atoms in total. The third-order valence-electron chi connectivity index (χ3n) is 4.87. The van der Waals surface area contributed by atoms with Gasteiger partial charge in [0.1, 0.15) is 12.2 Å². The lowest BCUT2D eigenvalue weighted by Crippen LogP contribution is -2.53. The zero-order valence-electron chi connectivity index (χ0n) is 15.7. The number of nitrogens with one attached hydrogen (secondary N) is 1. The van der Waals surface area contributed by atoms with Crippen LogP contribution in [-0.4, -0.2) is 40.8 Å². The lowest BCUT2D eigenvalue weighted by Gasteiger charge is -2.39. The van der Waals surface area contributed by atoms with Gasteiger partial charge in [0.15, 0.2) is 0 Å². The van der Waals surface area contributed by atoms with Gasteiger partial charge in [-0.15, -0.1) is 0 Å². The van der Waals surface area contributed by atoms with Gasteiger partial charge in [-0.25, -0.2) is 9.59 Å². The second-order valence-electron chi connectivity index (χ2n) is 8.15. The minimum atomic E-state index is -0.493. The number of alkyl carbamates (subject to hydrolysis) is 1. The second-order valence-corrected chi connectivity index (χ2v) is 8.15. The zero-order chi connectivity index (χ0) is 18.7. The SMILES string of the molecule is CC(C)(C)OC(=O)N1[C@@H]2CC[C@H]1C[C@@H](NC(=O)OCc1ccccc1)C2. The fourth-order valence-electron chi connectivity index (χ4n) is 3.84. The Morgan fingerprint density at radius 2 is 1.73 bits per heavy atom. The van der Waals surface area contributed by atoms with Crippen LogP contribution < -0.4 is 5.32 Å². The molecule has 0 saturated carbocycles. The third-order valence-corrected chi connectivity index (χ3v) is 4.87. The molecular formula is C20H28N2O4. The van der Waals surface area contributed by atoms with Crippen molar-refractivity contribution in [2.45, 2.75) is 76.8 Å². The van der Waals surface area contributed by atoms with Crippen molar-refractivity contribution in [1.82, 2.24) is 10.2 Å². The number of piperidine rings is 1. The predicted molar refractivity (Wildman–Crippen MR) is 97.7 cm³/mol. The minimum absolute atomic E-state index is 0.0365. The molecule has 6 heteroatoms. The van der Waals surface area contributed by atoms with E-state index >= 15 is 0 Å². The Morgan fingerprint density at radius 3 is 2.31 bits per heavy atom. The molecule has 26 heavy (non-hydrogen) atoms. The smallest absolute Gasteiger partial charge is 0.410 e. The van der Waals surface area contributed by atoms with Gasteiger partial charge in [0.25, 0.3) is 0 Å². The summed E-state index contributed by atoms with van der Waals surface area (Å²) in [5.74, 6) is 0. The molecule has 0 spiro atoms. The van der Waals surface area contributed by atoms with E-state index in [1.807, 2.05) is 56.0 Å². The van der Waals surface area contributed by atoms with E-state index in [9.17, 15) is 9.59 Å². The highest BCUT2D eigenvalue weighted by Gasteiger charge is 2.45. The minimum Gasteiger partial charge on any atom is -0.445 e. The van der Waals surface area contributed by atoms with Crippen LogP contribution in [0.25, 0.3) is 0 Å². The maximum Gasteiger partial charge on any atom is 0.410 e. The summed E-state index contributed by atoms with van der Waals surface area (Å²) in [6.45, 7) is 5.90. The summed E-state index contributed by atoms with van der Waals surface area (Å²) in [6.07, 6.45) is 2.77. The van der Waals surface area contributed by atoms with Crippen molar-refractivity contribution in [3.8, 4) is 0 Å². The van der Waals surface area contributed by atoms with Gasteiger partial charge in [-0.3, -0.25) is 0 Å². The Hall–Kier alpha value is -2.24. The quantitative estimate of drug-likeness (QED) is 0.889. The average Bonchev–Trinajstić information content (AvgIpc) is 2.84. The van der Waals surface area contributed by atoms with Crippen LogP contribution in [0.5, 0.6) is 0 Å². The van der Waals surface area contributed by atoms with Crippen molar-refractivity contribution >= 4 is 12.2 Å². The second kappa shape index (κ2) is 7.56. The number of nitrogens with zero attached hydrogens (tertiary/aromatic N) is 1. The van der Waals surface area contributed by atoms with Crippen molar-refractivity contribution in [3.63, 3.8) is 0 Å². The van der Waals surface area contributed by atoms with Crippen molar-refractivity contribution in [1.29, 1.82) is 0 Å². The fraction of sp³-hybridized carbons (Fsp3) is 0.600. The van der Waals surface area contributed by atoms with E-state index in [-0.39, 0.29) is 30.8 Å². The Kier molecular flexibility index (Phi) is 5.39. The summed E-state index contributed by atoms with van der Waals surface area (Å²) in [5.41, 5.74) is 0.467. The molecular weight excluding hydrogens is 332 g/mol. The maximum atomic E-state index is 12.5. The summed E-state index contributed by atoms with van der Waals surface area (Å²) < 4.78 is 10.8. The highest BCUT2D eigenvalue weighted by molar-refractivity contribution is 5.70. The molecule has 2 bridgehead atoms. The summed E-state index contributed by atoms with van der Waals surface area (Å²) in [6, 6.07) is 9.90. The number of fused-ring (bicyclic) bond motifs is 2. The first-order valence-electron chi connectivity index (χ1n) is 9.30. The van der Waals surface area contributed by atoms with Crippen molar-refractivity contribution in [2.24, 2.45) is 0 Å². The molecule has 2 aliphatic rings. The first-order valence-corrected chi connectivity index (χ1v) is 9.30. The Bertz CT molecular complexity index is 627. The Balaban J connectivity index is 1.49. The lowest BCUT2D eigenvalue weighted by atomic mass is 9.98. The number of rotatable bonds is 3. The van der Waals surface area contributed by atoms with E-state index in [1.165, 1.54) is 0 Å². The van der Waals surface area contributed by atoms with Crippen molar-refractivity contribution in [3.05, 3.63) is 35.9 Å². The molecule has 2 saturated heterocycles. The van der Waals surface area contributed by atoms with Gasteiger partial charge in [-0.1, -0.05) is 30.3 Å². The van der Waals surface area contributed by atoms with Crippen LogP contribution in [0, 0.1) is 0 Å². The molecule has 1 aromatic carbocycles. The highest BCUT2D eigenvalue weighted by atomic mass is 16.6. The van der Waals surface area contributed by atoms with E-state index in [1.54, 1.807) is 0 Å². The number of hydrogen-bond donors (Lipinski definition) is 1. The van der Waals surface area contributed by atoms with E-state index < -0.39 is 11.7 Å². The number of amides is 2. The van der Waals surface area contributed by atoms with Crippen LogP contribution in [0.3, 0.4) is 0 Å². The van der Waals surface area contributed by atoms with Gasteiger partial charge < -0.3 is 19.7 Å². The standard InChI is InChI=1S/C20H28N2O4/c1-20(2,3)26-19(24)22-16-9-10-17(22)12-15(11-16)21-18(23)25-13-14-7-5-4-6-8-14/h4-8,15-17H,9-13H2,1-3H3,(H,21,23)/t15-,16+,17-. The summed E-state index contributed by atoms with van der Waals surface area (Å²) in [7, 11) is 0. The summed E-state index contributed by atoms with van der Waals surface area (Å²) in [5, 5.41) is 2.96. The fourth-order valence-corrected chi connectivity index (χ4v) is 3.84. The number of ether oxygens (including phenoxy) is 2. The molecule has 0 aliphatic carbocycles. The van der Waals surface area contributed by atoms with Gasteiger partial charge in [-0.05, 0) is 52.0 Å². The van der Waals surface area contributed by atoms with Crippen LogP contribution in [0.15, 0.2) is 30.3 Å². The summed E-state index contributed by atoms with van der Waals surface area (Å²) >= 11 is 0. The van der Waals surface area contributed by atoms with Crippen molar-refractivity contribution < 1.29 is 19.1 Å². The van der Waals surface area contributed by atoms with E-state index in [0.29, 0.717) is 0 Å². The normalized spacial score (nSPS) is 24.9. The molecule has 2 amide bonds.